The molecular formula is C12H13F3N2. The molecule has 0 atom stereocenters. The summed E-state index contributed by atoms with van der Waals surface area (Å²) in [5, 5.41) is 0.242. The van der Waals surface area contributed by atoms with E-state index in [1.807, 2.05) is 6.07 Å². The number of aryl methyl sites for hydroxylation is 1. The molecule has 0 fully saturated rings. The number of hydrogen-bond acceptors (Lipinski definition) is 1. The van der Waals surface area contributed by atoms with E-state index in [1.54, 1.807) is 19.2 Å². The number of fused-ring (bicyclic) bond motifs is 1. The van der Waals surface area contributed by atoms with Crippen LogP contribution in [0.1, 0.15) is 11.1 Å². The van der Waals surface area contributed by atoms with E-state index < -0.39 is 11.7 Å². The molecular weight excluding hydrogens is 229 g/mol. The average molecular weight is 242 g/mol. The molecule has 17 heavy (non-hydrogen) atoms. The van der Waals surface area contributed by atoms with Gasteiger partial charge in [0.25, 0.3) is 0 Å². The van der Waals surface area contributed by atoms with Crippen molar-refractivity contribution in [2.24, 2.45) is 12.8 Å². The predicted molar refractivity (Wildman–Crippen MR) is 60.7 cm³/mol. The van der Waals surface area contributed by atoms with E-state index in [4.69, 9.17) is 5.73 Å². The van der Waals surface area contributed by atoms with Crippen molar-refractivity contribution in [2.45, 2.75) is 12.6 Å². The Balaban J connectivity index is 2.65. The van der Waals surface area contributed by atoms with Gasteiger partial charge >= 0.3 is 6.18 Å². The highest BCUT2D eigenvalue weighted by Gasteiger charge is 2.34. The number of rotatable bonds is 2. The second-order valence-electron chi connectivity index (χ2n) is 4.04. The molecule has 0 spiro atoms. The van der Waals surface area contributed by atoms with Crippen LogP contribution in [0.25, 0.3) is 10.9 Å². The fourth-order valence-electron chi connectivity index (χ4n) is 1.99. The third-order valence-corrected chi connectivity index (χ3v) is 2.79. The van der Waals surface area contributed by atoms with Crippen molar-refractivity contribution in [3.05, 3.63) is 35.5 Å². The van der Waals surface area contributed by atoms with E-state index >= 15 is 0 Å². The molecule has 0 aliphatic carbocycles. The molecule has 0 bridgehead atoms. The normalized spacial score (nSPS) is 12.3. The van der Waals surface area contributed by atoms with Gasteiger partial charge in [0.1, 0.15) is 0 Å². The average Bonchev–Trinajstić information content (AvgIpc) is 2.56. The van der Waals surface area contributed by atoms with Crippen molar-refractivity contribution in [1.29, 1.82) is 0 Å². The minimum absolute atomic E-state index is 0.242. The van der Waals surface area contributed by atoms with Crippen LogP contribution >= 0.6 is 0 Å². The zero-order chi connectivity index (χ0) is 12.6. The van der Waals surface area contributed by atoms with E-state index in [9.17, 15) is 13.2 Å². The number of nitrogens with two attached hydrogens (primary N) is 1. The molecule has 0 unspecified atom stereocenters. The van der Waals surface area contributed by atoms with Gasteiger partial charge in [-0.05, 0) is 30.7 Å². The second-order valence-corrected chi connectivity index (χ2v) is 4.04. The Morgan fingerprint density at radius 1 is 1.29 bits per heavy atom. The molecule has 2 rings (SSSR count). The third-order valence-electron chi connectivity index (χ3n) is 2.79. The molecule has 0 aliphatic heterocycles. The summed E-state index contributed by atoms with van der Waals surface area (Å²) in [5.41, 5.74) is 6.23. The maximum atomic E-state index is 12.8. The van der Waals surface area contributed by atoms with E-state index in [2.05, 4.69) is 0 Å². The topological polar surface area (TPSA) is 30.9 Å². The molecule has 5 heteroatoms. The van der Waals surface area contributed by atoms with E-state index in [1.165, 1.54) is 4.57 Å². The van der Waals surface area contributed by atoms with Crippen LogP contribution in [-0.4, -0.2) is 11.1 Å². The van der Waals surface area contributed by atoms with Crippen LogP contribution in [0.5, 0.6) is 0 Å². The van der Waals surface area contributed by atoms with Gasteiger partial charge in [0, 0.05) is 24.1 Å². The first-order valence-electron chi connectivity index (χ1n) is 5.28. The lowest BCUT2D eigenvalue weighted by Crippen LogP contribution is -2.04. The molecule has 1 aromatic carbocycles. The molecule has 1 aromatic heterocycles. The highest BCUT2D eigenvalue weighted by Crippen LogP contribution is 2.36. The van der Waals surface area contributed by atoms with Gasteiger partial charge in [-0.2, -0.15) is 13.2 Å². The summed E-state index contributed by atoms with van der Waals surface area (Å²) >= 11 is 0. The molecule has 0 amide bonds. The van der Waals surface area contributed by atoms with Gasteiger partial charge in [0.05, 0.1) is 5.56 Å². The second kappa shape index (κ2) is 4.07. The van der Waals surface area contributed by atoms with Crippen LogP contribution in [0.15, 0.2) is 24.4 Å². The smallest absolute Gasteiger partial charge is 0.350 e. The van der Waals surface area contributed by atoms with Crippen LogP contribution in [0, 0.1) is 0 Å². The van der Waals surface area contributed by atoms with Crippen molar-refractivity contribution in [1.82, 2.24) is 4.57 Å². The predicted octanol–water partition coefficient (Wildman–Crippen LogP) is 2.70. The monoisotopic (exact) mass is 242 g/mol. The maximum Gasteiger partial charge on any atom is 0.418 e. The summed E-state index contributed by atoms with van der Waals surface area (Å²) in [7, 11) is 1.61. The van der Waals surface area contributed by atoms with Gasteiger partial charge in [0.2, 0.25) is 0 Å². The van der Waals surface area contributed by atoms with Gasteiger partial charge < -0.3 is 10.3 Å². The molecule has 1 heterocycles. The molecule has 0 aliphatic rings. The Morgan fingerprint density at radius 2 is 2.00 bits per heavy atom. The van der Waals surface area contributed by atoms with Gasteiger partial charge in [-0.15, -0.1) is 0 Å². The van der Waals surface area contributed by atoms with Crippen molar-refractivity contribution in [2.75, 3.05) is 6.54 Å². The highest BCUT2D eigenvalue weighted by atomic mass is 19.4. The molecule has 2 nitrogen and oxygen atoms in total. The zero-order valence-electron chi connectivity index (χ0n) is 9.38. The van der Waals surface area contributed by atoms with Gasteiger partial charge in [-0.25, -0.2) is 0 Å². The third kappa shape index (κ3) is 2.15. The summed E-state index contributed by atoms with van der Waals surface area (Å²) in [6.07, 6.45) is -2.61. The Labute approximate surface area is 96.8 Å². The fourth-order valence-corrected chi connectivity index (χ4v) is 1.99. The van der Waals surface area contributed by atoms with Crippen molar-refractivity contribution in [3.63, 3.8) is 0 Å². The summed E-state index contributed by atoms with van der Waals surface area (Å²) in [6, 6.07) is 5.09. The maximum absolute atomic E-state index is 12.8. The number of halogens is 3. The first-order valence-corrected chi connectivity index (χ1v) is 5.28. The molecule has 0 radical (unpaired) electrons. The van der Waals surface area contributed by atoms with Gasteiger partial charge in [-0.3, -0.25) is 0 Å². The first-order chi connectivity index (χ1) is 7.93. The minimum Gasteiger partial charge on any atom is -0.350 e. The number of aromatic nitrogens is 1. The Morgan fingerprint density at radius 3 is 2.59 bits per heavy atom. The SMILES string of the molecule is Cn1cc(C(F)(F)F)c2cc(CCN)ccc21. The van der Waals surface area contributed by atoms with Crippen LogP contribution in [0.3, 0.4) is 0 Å². The van der Waals surface area contributed by atoms with Crippen LogP contribution in [0.4, 0.5) is 13.2 Å². The summed E-state index contributed by atoms with van der Waals surface area (Å²) in [6.45, 7) is 0.430. The van der Waals surface area contributed by atoms with Gasteiger partial charge in [0.15, 0.2) is 0 Å². The Bertz CT molecular complexity index is 540. The molecule has 2 aromatic rings. The number of benzene rings is 1. The summed E-state index contributed by atoms with van der Waals surface area (Å²) in [4.78, 5) is 0. The Kier molecular flexibility index (Phi) is 2.87. The first kappa shape index (κ1) is 12.0. The van der Waals surface area contributed by atoms with Crippen LogP contribution in [-0.2, 0) is 19.6 Å². The van der Waals surface area contributed by atoms with Crippen molar-refractivity contribution >= 4 is 10.9 Å². The summed E-state index contributed by atoms with van der Waals surface area (Å²) in [5.74, 6) is 0. The number of nitrogens with zero attached hydrogens (tertiary/aromatic N) is 1. The van der Waals surface area contributed by atoms with Crippen LogP contribution in [0.2, 0.25) is 0 Å². The van der Waals surface area contributed by atoms with Crippen molar-refractivity contribution in [3.8, 4) is 0 Å². The largest absolute Gasteiger partial charge is 0.418 e. The van der Waals surface area contributed by atoms with Crippen molar-refractivity contribution < 1.29 is 13.2 Å². The standard InChI is InChI=1S/C12H13F3N2/c1-17-7-10(12(13,14)15)9-6-8(4-5-16)2-3-11(9)17/h2-3,6-7H,4-5,16H2,1H3. The lowest BCUT2D eigenvalue weighted by atomic mass is 10.1. The van der Waals surface area contributed by atoms with E-state index in [0.29, 0.717) is 18.5 Å². The Hall–Kier alpha value is -1.49. The molecule has 92 valence electrons. The molecule has 0 saturated carbocycles. The number of alkyl halides is 3. The highest BCUT2D eigenvalue weighted by molar-refractivity contribution is 5.85. The fraction of sp³-hybridized carbons (Fsp3) is 0.333. The minimum atomic E-state index is -4.32. The van der Waals surface area contributed by atoms with E-state index in [-0.39, 0.29) is 5.39 Å². The van der Waals surface area contributed by atoms with Gasteiger partial charge in [-0.1, -0.05) is 6.07 Å². The summed E-state index contributed by atoms with van der Waals surface area (Å²) < 4.78 is 39.9. The lowest BCUT2D eigenvalue weighted by Gasteiger charge is -2.05. The lowest BCUT2D eigenvalue weighted by molar-refractivity contribution is -0.136. The molecule has 0 saturated heterocycles. The molecule has 2 N–H and O–H groups in total. The number of hydrogen-bond donors (Lipinski definition) is 1. The quantitative estimate of drug-likeness (QED) is 0.862. The van der Waals surface area contributed by atoms with Crippen LogP contribution < -0.4 is 5.73 Å². The van der Waals surface area contributed by atoms with E-state index in [0.717, 1.165) is 11.8 Å². The zero-order valence-corrected chi connectivity index (χ0v) is 9.38.